The van der Waals surface area contributed by atoms with Gasteiger partial charge in [-0.25, -0.2) is 9.67 Å². The number of alkyl halides is 3. The first-order chi connectivity index (χ1) is 15.7. The van der Waals surface area contributed by atoms with Gasteiger partial charge in [-0.05, 0) is 37.3 Å². The summed E-state index contributed by atoms with van der Waals surface area (Å²) in [5, 5.41) is 4.54. The highest BCUT2D eigenvalue weighted by Gasteiger charge is 2.40. The van der Waals surface area contributed by atoms with Gasteiger partial charge in [0.25, 0.3) is 11.8 Å². The largest absolute Gasteiger partial charge is 0.435 e. The average Bonchev–Trinajstić information content (AvgIpc) is 3.37. The minimum atomic E-state index is -4.64. The normalized spacial score (nSPS) is 14.8. The molecule has 1 aliphatic rings. The number of hydrogen-bond donors (Lipinski definition) is 0. The molecule has 0 spiro atoms. The number of carbonyl (C=O) groups excluding carboxylic acids is 2. The van der Waals surface area contributed by atoms with Gasteiger partial charge in [0.15, 0.2) is 11.5 Å². The number of hydrogen-bond acceptors (Lipinski definition) is 4. The minimum Gasteiger partial charge on any atom is -0.269 e. The SMILES string of the molecule is CC(c1cc2cccc(Cl)c2nc1-n1ccc(C(F)(F)F)n1)N1C(=O)c2ccccc2C1=O. The van der Waals surface area contributed by atoms with Crippen molar-refractivity contribution in [2.45, 2.75) is 19.1 Å². The van der Waals surface area contributed by atoms with Gasteiger partial charge in [0.2, 0.25) is 0 Å². The summed E-state index contributed by atoms with van der Waals surface area (Å²) in [6.45, 7) is 1.62. The van der Waals surface area contributed by atoms with Crippen LogP contribution in [0.25, 0.3) is 16.7 Å². The van der Waals surface area contributed by atoms with Crippen LogP contribution in [-0.2, 0) is 6.18 Å². The third-order valence-electron chi connectivity index (χ3n) is 5.56. The van der Waals surface area contributed by atoms with E-state index in [2.05, 4.69) is 10.1 Å². The molecular formula is C23H14ClF3N4O2. The lowest BCUT2D eigenvalue weighted by atomic mass is 10.0. The number of pyridine rings is 1. The van der Waals surface area contributed by atoms with Crippen molar-refractivity contribution in [1.82, 2.24) is 19.7 Å². The fourth-order valence-electron chi connectivity index (χ4n) is 3.95. The van der Waals surface area contributed by atoms with Crippen molar-refractivity contribution in [3.05, 3.63) is 88.2 Å². The molecule has 10 heteroatoms. The molecule has 33 heavy (non-hydrogen) atoms. The Kier molecular flexibility index (Phi) is 4.75. The van der Waals surface area contributed by atoms with Gasteiger partial charge in [-0.1, -0.05) is 35.9 Å². The molecule has 2 aromatic carbocycles. The number of carbonyl (C=O) groups is 2. The number of rotatable bonds is 3. The molecule has 166 valence electrons. The Bertz CT molecular complexity index is 1410. The fraction of sp³-hybridized carbons (Fsp3) is 0.130. The number of fused-ring (bicyclic) bond motifs is 2. The van der Waals surface area contributed by atoms with Crippen LogP contribution in [0.5, 0.6) is 0 Å². The molecule has 5 rings (SSSR count). The molecule has 0 N–H and O–H groups in total. The van der Waals surface area contributed by atoms with Crippen LogP contribution >= 0.6 is 11.6 Å². The quantitative estimate of drug-likeness (QED) is 0.373. The van der Waals surface area contributed by atoms with Crippen LogP contribution in [0.1, 0.15) is 44.9 Å². The molecular weight excluding hydrogens is 457 g/mol. The summed E-state index contributed by atoms with van der Waals surface area (Å²) in [5.74, 6) is -0.941. The van der Waals surface area contributed by atoms with Crippen LogP contribution in [0.3, 0.4) is 0 Å². The van der Waals surface area contributed by atoms with Gasteiger partial charge in [0.05, 0.1) is 27.7 Å². The minimum absolute atomic E-state index is 0.0372. The number of aromatic nitrogens is 3. The van der Waals surface area contributed by atoms with Crippen molar-refractivity contribution >= 4 is 34.3 Å². The van der Waals surface area contributed by atoms with Gasteiger partial charge in [-0.15, -0.1) is 0 Å². The molecule has 1 unspecified atom stereocenters. The van der Waals surface area contributed by atoms with Gasteiger partial charge in [-0.2, -0.15) is 18.3 Å². The highest BCUT2D eigenvalue weighted by molar-refractivity contribution is 6.35. The maximum absolute atomic E-state index is 13.2. The Morgan fingerprint density at radius 3 is 2.24 bits per heavy atom. The number of imide groups is 1. The molecule has 0 bridgehead atoms. The Hall–Kier alpha value is -3.72. The summed E-state index contributed by atoms with van der Waals surface area (Å²) in [5.41, 5.74) is 0.146. The molecule has 2 amide bonds. The van der Waals surface area contributed by atoms with Gasteiger partial charge < -0.3 is 0 Å². The van der Waals surface area contributed by atoms with E-state index >= 15 is 0 Å². The van der Waals surface area contributed by atoms with Crippen LogP contribution in [0.4, 0.5) is 13.2 Å². The van der Waals surface area contributed by atoms with Gasteiger partial charge in [0, 0.05) is 17.1 Å². The van der Waals surface area contributed by atoms with Crippen LogP contribution in [0, 0.1) is 0 Å². The zero-order valence-electron chi connectivity index (χ0n) is 17.0. The number of amides is 2. The zero-order valence-corrected chi connectivity index (χ0v) is 17.7. The number of halogens is 4. The topological polar surface area (TPSA) is 68.1 Å². The molecule has 0 aliphatic carbocycles. The molecule has 2 aromatic heterocycles. The molecule has 1 atom stereocenters. The van der Waals surface area contributed by atoms with Crippen molar-refractivity contribution in [3.8, 4) is 5.82 Å². The Morgan fingerprint density at radius 2 is 1.64 bits per heavy atom. The molecule has 0 radical (unpaired) electrons. The summed E-state index contributed by atoms with van der Waals surface area (Å²) in [6.07, 6.45) is -3.51. The predicted octanol–water partition coefficient (Wildman–Crippen LogP) is 5.45. The van der Waals surface area contributed by atoms with Crippen molar-refractivity contribution in [1.29, 1.82) is 0 Å². The molecule has 0 saturated heterocycles. The van der Waals surface area contributed by atoms with Crippen molar-refractivity contribution in [2.75, 3.05) is 0 Å². The predicted molar refractivity (Wildman–Crippen MR) is 114 cm³/mol. The molecule has 1 aliphatic heterocycles. The lowest BCUT2D eigenvalue weighted by Crippen LogP contribution is -2.33. The van der Waals surface area contributed by atoms with E-state index in [-0.39, 0.29) is 16.9 Å². The smallest absolute Gasteiger partial charge is 0.269 e. The van der Waals surface area contributed by atoms with E-state index < -0.39 is 29.7 Å². The molecule has 6 nitrogen and oxygen atoms in total. The first-order valence-corrected chi connectivity index (χ1v) is 10.2. The summed E-state index contributed by atoms with van der Waals surface area (Å²) in [6, 6.07) is 13.1. The lowest BCUT2D eigenvalue weighted by molar-refractivity contribution is -0.141. The molecule has 0 fully saturated rings. The third kappa shape index (κ3) is 3.36. The van der Waals surface area contributed by atoms with Gasteiger partial charge in [-0.3, -0.25) is 14.5 Å². The van der Waals surface area contributed by atoms with E-state index in [0.717, 1.165) is 21.8 Å². The summed E-state index contributed by atoms with van der Waals surface area (Å²) in [7, 11) is 0. The van der Waals surface area contributed by atoms with E-state index in [0.29, 0.717) is 21.5 Å². The maximum atomic E-state index is 13.2. The molecule has 0 saturated carbocycles. The molecule has 4 aromatic rings. The highest BCUT2D eigenvalue weighted by atomic mass is 35.5. The second-order valence-electron chi connectivity index (χ2n) is 7.56. The number of nitrogens with zero attached hydrogens (tertiary/aromatic N) is 4. The summed E-state index contributed by atoms with van der Waals surface area (Å²) in [4.78, 5) is 31.6. The first-order valence-electron chi connectivity index (χ1n) is 9.86. The fourth-order valence-corrected chi connectivity index (χ4v) is 4.18. The molecule has 3 heterocycles. The Balaban J connectivity index is 1.69. The second-order valence-corrected chi connectivity index (χ2v) is 7.97. The van der Waals surface area contributed by atoms with E-state index in [1.807, 2.05) is 0 Å². The van der Waals surface area contributed by atoms with E-state index in [4.69, 9.17) is 11.6 Å². The zero-order chi connectivity index (χ0) is 23.5. The Labute approximate surface area is 190 Å². The van der Waals surface area contributed by atoms with Crippen LogP contribution in [0.15, 0.2) is 60.8 Å². The van der Waals surface area contributed by atoms with Crippen LogP contribution in [-0.4, -0.2) is 31.5 Å². The second kappa shape index (κ2) is 7.41. The first kappa shape index (κ1) is 21.1. The maximum Gasteiger partial charge on any atom is 0.435 e. The van der Waals surface area contributed by atoms with Crippen LogP contribution in [0.2, 0.25) is 5.02 Å². The van der Waals surface area contributed by atoms with Gasteiger partial charge in [0.1, 0.15) is 0 Å². The number of benzene rings is 2. The van der Waals surface area contributed by atoms with Crippen LogP contribution < -0.4 is 0 Å². The monoisotopic (exact) mass is 470 g/mol. The third-order valence-corrected chi connectivity index (χ3v) is 5.87. The highest BCUT2D eigenvalue weighted by Crippen LogP contribution is 2.36. The number of para-hydroxylation sites is 1. The summed E-state index contributed by atoms with van der Waals surface area (Å²) < 4.78 is 40.5. The van der Waals surface area contributed by atoms with Crippen molar-refractivity contribution in [3.63, 3.8) is 0 Å². The van der Waals surface area contributed by atoms with Gasteiger partial charge >= 0.3 is 6.18 Å². The van der Waals surface area contributed by atoms with E-state index in [9.17, 15) is 22.8 Å². The van der Waals surface area contributed by atoms with Crippen molar-refractivity contribution in [2.24, 2.45) is 0 Å². The standard InChI is InChI=1S/C23H14ClF3N4O2/c1-12(31-21(32)14-6-2-3-7-15(14)22(31)33)16-11-13-5-4-8-17(24)19(13)28-20(16)30-10-9-18(29-30)23(25,26)27/h2-12H,1H3. The van der Waals surface area contributed by atoms with E-state index in [1.54, 1.807) is 55.5 Å². The van der Waals surface area contributed by atoms with Crippen molar-refractivity contribution < 1.29 is 22.8 Å². The Morgan fingerprint density at radius 1 is 0.970 bits per heavy atom. The lowest BCUT2D eigenvalue weighted by Gasteiger charge is -2.25. The average molecular weight is 471 g/mol. The van der Waals surface area contributed by atoms with E-state index in [1.165, 1.54) is 0 Å². The summed E-state index contributed by atoms with van der Waals surface area (Å²) >= 11 is 6.27.